The molecular formula is C20H18ClF4N3O2S. The van der Waals surface area contributed by atoms with Gasteiger partial charge in [-0.25, -0.2) is 9.82 Å². The fraction of sp³-hybridized carbons (Fsp3) is 0.250. The fourth-order valence-corrected chi connectivity index (χ4v) is 3.11. The molecule has 0 aliphatic rings. The number of nitrogens with zero attached hydrogens (tertiary/aromatic N) is 1. The Hall–Kier alpha value is -2.59. The molecule has 2 N–H and O–H groups in total. The van der Waals surface area contributed by atoms with Crippen molar-refractivity contribution in [2.75, 3.05) is 12.0 Å². The third kappa shape index (κ3) is 7.25. The first-order chi connectivity index (χ1) is 14.6. The quantitative estimate of drug-likeness (QED) is 0.335. The van der Waals surface area contributed by atoms with Gasteiger partial charge >= 0.3 is 6.18 Å². The first kappa shape index (κ1) is 24.7. The fourth-order valence-electron chi connectivity index (χ4n) is 2.43. The molecule has 2 aromatic carbocycles. The second-order valence-electron chi connectivity index (χ2n) is 6.25. The van der Waals surface area contributed by atoms with Crippen molar-refractivity contribution in [2.45, 2.75) is 18.6 Å². The van der Waals surface area contributed by atoms with Crippen molar-refractivity contribution >= 4 is 41.4 Å². The lowest BCUT2D eigenvalue weighted by atomic mass is 10.1. The van der Waals surface area contributed by atoms with Crippen molar-refractivity contribution < 1.29 is 27.2 Å². The minimum absolute atomic E-state index is 0.0149. The van der Waals surface area contributed by atoms with Crippen molar-refractivity contribution in [2.24, 2.45) is 5.10 Å². The molecule has 0 aliphatic heterocycles. The molecule has 0 radical (unpaired) electrons. The summed E-state index contributed by atoms with van der Waals surface area (Å²) in [4.78, 5) is 24.8. The Labute approximate surface area is 185 Å². The van der Waals surface area contributed by atoms with E-state index in [-0.39, 0.29) is 22.6 Å². The monoisotopic (exact) mass is 475 g/mol. The summed E-state index contributed by atoms with van der Waals surface area (Å²) < 4.78 is 51.7. The summed E-state index contributed by atoms with van der Waals surface area (Å²) in [5.74, 6) is -1.48. The van der Waals surface area contributed by atoms with Crippen molar-refractivity contribution in [3.63, 3.8) is 0 Å². The maximum Gasteiger partial charge on any atom is 0.416 e. The van der Waals surface area contributed by atoms with Crippen molar-refractivity contribution in [3.05, 3.63) is 70.0 Å². The Morgan fingerprint density at radius 1 is 1.19 bits per heavy atom. The highest BCUT2D eigenvalue weighted by Crippen LogP contribution is 2.29. The largest absolute Gasteiger partial charge is 0.416 e. The number of thioether (sulfide) groups is 1. The van der Waals surface area contributed by atoms with E-state index in [1.165, 1.54) is 30.0 Å². The van der Waals surface area contributed by atoms with Crippen molar-refractivity contribution in [1.82, 2.24) is 10.7 Å². The lowest BCUT2D eigenvalue weighted by molar-refractivity contribution is -0.137. The Morgan fingerprint density at radius 2 is 1.87 bits per heavy atom. The standard InChI is InChI=1S/C20H18ClF4N3O2S/c1-31-10-9-17(19(30)28-26-11-14-15(21)3-2-4-16(14)22)27-18(29)12-5-7-13(8-6-12)20(23,24)25/h2-8,11,17H,9-10H2,1H3,(H,27,29)(H,28,30)/b26-11+/t17-/m0/s1. The number of rotatable bonds is 8. The number of benzene rings is 2. The van der Waals surface area contributed by atoms with Gasteiger partial charge in [-0.3, -0.25) is 9.59 Å². The molecule has 0 fully saturated rings. The summed E-state index contributed by atoms with van der Waals surface area (Å²) in [5, 5.41) is 6.26. The van der Waals surface area contributed by atoms with E-state index in [2.05, 4.69) is 15.8 Å². The van der Waals surface area contributed by atoms with Gasteiger partial charge in [0.25, 0.3) is 11.8 Å². The SMILES string of the molecule is CSCC[C@H](NC(=O)c1ccc(C(F)(F)F)cc1)C(=O)N/N=C/c1c(F)cccc1Cl. The van der Waals surface area contributed by atoms with Crippen LogP contribution < -0.4 is 10.7 Å². The van der Waals surface area contributed by atoms with Gasteiger partial charge in [-0.1, -0.05) is 17.7 Å². The summed E-state index contributed by atoms with van der Waals surface area (Å²) in [5.41, 5.74) is 1.28. The predicted octanol–water partition coefficient (Wildman–Crippen LogP) is 4.50. The molecule has 11 heteroatoms. The molecule has 1 atom stereocenters. The predicted molar refractivity (Wildman–Crippen MR) is 113 cm³/mol. The number of hydrogen-bond acceptors (Lipinski definition) is 4. The van der Waals surface area contributed by atoms with Crippen LogP contribution in [0.4, 0.5) is 17.6 Å². The van der Waals surface area contributed by atoms with Crippen LogP contribution in [0.25, 0.3) is 0 Å². The number of carbonyl (C=O) groups is 2. The summed E-state index contributed by atoms with van der Waals surface area (Å²) >= 11 is 7.32. The molecular weight excluding hydrogens is 458 g/mol. The third-order valence-corrected chi connectivity index (χ3v) is 5.05. The first-order valence-corrected chi connectivity index (χ1v) is 10.6. The lowest BCUT2D eigenvalue weighted by Gasteiger charge is -2.17. The molecule has 2 aromatic rings. The summed E-state index contributed by atoms with van der Waals surface area (Å²) in [6.07, 6.45) is -1.42. The molecule has 0 spiro atoms. The van der Waals surface area contributed by atoms with Crippen LogP contribution in [-0.4, -0.2) is 36.1 Å². The van der Waals surface area contributed by atoms with Gasteiger partial charge in [0.2, 0.25) is 0 Å². The number of carbonyl (C=O) groups excluding carboxylic acids is 2. The number of halogens is 5. The van der Waals surface area contributed by atoms with E-state index >= 15 is 0 Å². The van der Waals surface area contributed by atoms with E-state index in [1.807, 2.05) is 6.26 Å². The zero-order valence-electron chi connectivity index (χ0n) is 16.2. The molecule has 31 heavy (non-hydrogen) atoms. The van der Waals surface area contributed by atoms with Gasteiger partial charge in [-0.2, -0.15) is 30.0 Å². The van der Waals surface area contributed by atoms with Crippen LogP contribution in [0.15, 0.2) is 47.6 Å². The van der Waals surface area contributed by atoms with E-state index in [9.17, 15) is 27.2 Å². The van der Waals surface area contributed by atoms with E-state index in [1.54, 1.807) is 0 Å². The minimum atomic E-state index is -4.52. The van der Waals surface area contributed by atoms with E-state index in [0.29, 0.717) is 5.75 Å². The second-order valence-corrected chi connectivity index (χ2v) is 7.65. The van der Waals surface area contributed by atoms with Gasteiger partial charge in [0.1, 0.15) is 11.9 Å². The topological polar surface area (TPSA) is 70.6 Å². The molecule has 0 saturated carbocycles. The van der Waals surface area contributed by atoms with Crippen LogP contribution in [0.5, 0.6) is 0 Å². The van der Waals surface area contributed by atoms with Gasteiger partial charge in [-0.15, -0.1) is 0 Å². The molecule has 5 nitrogen and oxygen atoms in total. The summed E-state index contributed by atoms with van der Waals surface area (Å²) in [6, 6.07) is 6.68. The highest BCUT2D eigenvalue weighted by atomic mass is 35.5. The first-order valence-electron chi connectivity index (χ1n) is 8.87. The average Bonchev–Trinajstić information content (AvgIpc) is 2.72. The maximum absolute atomic E-state index is 13.7. The zero-order chi connectivity index (χ0) is 23.0. The molecule has 2 amide bonds. The van der Waals surface area contributed by atoms with E-state index < -0.39 is 35.4 Å². The highest BCUT2D eigenvalue weighted by molar-refractivity contribution is 7.98. The third-order valence-electron chi connectivity index (χ3n) is 4.07. The van der Waals surface area contributed by atoms with Crippen LogP contribution in [0, 0.1) is 5.82 Å². The Bertz CT molecular complexity index is 932. The lowest BCUT2D eigenvalue weighted by Crippen LogP contribution is -2.45. The maximum atomic E-state index is 13.7. The van der Waals surface area contributed by atoms with Crippen LogP contribution in [0.2, 0.25) is 5.02 Å². The molecule has 166 valence electrons. The van der Waals surface area contributed by atoms with Gasteiger partial charge in [0, 0.05) is 11.1 Å². The molecule has 0 aliphatic carbocycles. The molecule has 0 bridgehead atoms. The van der Waals surface area contributed by atoms with Crippen LogP contribution >= 0.6 is 23.4 Å². The molecule has 0 heterocycles. The van der Waals surface area contributed by atoms with Gasteiger partial charge < -0.3 is 5.32 Å². The van der Waals surface area contributed by atoms with Crippen molar-refractivity contribution in [3.8, 4) is 0 Å². The zero-order valence-corrected chi connectivity index (χ0v) is 17.7. The minimum Gasteiger partial charge on any atom is -0.340 e. The Morgan fingerprint density at radius 3 is 2.45 bits per heavy atom. The van der Waals surface area contributed by atoms with E-state index in [0.717, 1.165) is 30.5 Å². The second kappa shape index (κ2) is 11.1. The van der Waals surface area contributed by atoms with Gasteiger partial charge in [0.05, 0.1) is 16.8 Å². The Kier molecular flexibility index (Phi) is 8.88. The van der Waals surface area contributed by atoms with Crippen LogP contribution in [0.3, 0.4) is 0 Å². The number of nitrogens with one attached hydrogen (secondary N) is 2. The molecule has 0 aromatic heterocycles. The number of alkyl halides is 3. The van der Waals surface area contributed by atoms with Gasteiger partial charge in [-0.05, 0) is 54.8 Å². The number of amides is 2. The summed E-state index contributed by atoms with van der Waals surface area (Å²) in [7, 11) is 0. The molecule has 0 unspecified atom stereocenters. The molecule has 0 saturated heterocycles. The van der Waals surface area contributed by atoms with E-state index in [4.69, 9.17) is 11.6 Å². The van der Waals surface area contributed by atoms with Crippen LogP contribution in [-0.2, 0) is 11.0 Å². The smallest absolute Gasteiger partial charge is 0.340 e. The van der Waals surface area contributed by atoms with Crippen molar-refractivity contribution in [1.29, 1.82) is 0 Å². The normalized spacial score (nSPS) is 12.6. The summed E-state index contributed by atoms with van der Waals surface area (Å²) in [6.45, 7) is 0. The van der Waals surface area contributed by atoms with Crippen LogP contribution in [0.1, 0.15) is 27.9 Å². The average molecular weight is 476 g/mol. The number of hydrogen-bond donors (Lipinski definition) is 2. The highest BCUT2D eigenvalue weighted by Gasteiger charge is 2.30. The van der Waals surface area contributed by atoms with Gasteiger partial charge in [0.15, 0.2) is 0 Å². The number of hydrazone groups is 1. The Balaban J connectivity index is 2.07. The molecule has 2 rings (SSSR count).